The molecular formula is C57H36N4S. The molecule has 0 fully saturated rings. The van der Waals surface area contributed by atoms with Crippen molar-refractivity contribution in [2.24, 2.45) is 0 Å². The first-order chi connectivity index (χ1) is 30.7. The predicted molar refractivity (Wildman–Crippen MR) is 260 cm³/mol. The normalized spacial score (nSPS) is 11.5. The Labute approximate surface area is 362 Å². The quantitative estimate of drug-likeness (QED) is 0.161. The summed E-state index contributed by atoms with van der Waals surface area (Å²) in [5.41, 5.74) is 13.3. The Hall–Kier alpha value is -7.99. The molecule has 9 aromatic carbocycles. The second-order valence-electron chi connectivity index (χ2n) is 15.6. The van der Waals surface area contributed by atoms with Crippen LogP contribution in [0.5, 0.6) is 0 Å². The molecule has 5 heteroatoms. The van der Waals surface area contributed by atoms with Gasteiger partial charge in [-0.3, -0.25) is 0 Å². The Balaban J connectivity index is 1.04. The molecule has 0 spiro atoms. The molecule has 0 aliphatic rings. The van der Waals surface area contributed by atoms with Crippen molar-refractivity contribution in [1.82, 2.24) is 19.5 Å². The van der Waals surface area contributed by atoms with Crippen molar-refractivity contribution in [3.63, 3.8) is 0 Å². The number of aromatic nitrogens is 4. The van der Waals surface area contributed by atoms with Crippen LogP contribution >= 0.6 is 11.3 Å². The zero-order valence-corrected chi connectivity index (χ0v) is 34.3. The number of benzene rings is 9. The SMILES string of the molecule is c1ccc(-c2ccc(-c3nc(-c4ccccc4)nc(-c4ccccc4-n4c5ccccc5c5c6sc7c(-c8cccc(-c9ccccc9)c8)cccc7c6ccc54)n3)cc2)cc1. The third-order valence-electron chi connectivity index (χ3n) is 11.9. The lowest BCUT2D eigenvalue weighted by Crippen LogP contribution is -2.03. The van der Waals surface area contributed by atoms with Gasteiger partial charge in [0.15, 0.2) is 17.5 Å². The molecule has 12 rings (SSSR count). The van der Waals surface area contributed by atoms with Crippen molar-refractivity contribution < 1.29 is 0 Å². The van der Waals surface area contributed by atoms with Crippen LogP contribution in [-0.2, 0) is 0 Å². The van der Waals surface area contributed by atoms with E-state index in [1.807, 2.05) is 35.6 Å². The van der Waals surface area contributed by atoms with Crippen molar-refractivity contribution in [3.05, 3.63) is 218 Å². The molecule has 0 saturated carbocycles. The molecule has 0 aliphatic carbocycles. The van der Waals surface area contributed by atoms with Gasteiger partial charge in [-0.25, -0.2) is 15.0 Å². The van der Waals surface area contributed by atoms with Gasteiger partial charge in [0.25, 0.3) is 0 Å². The molecule has 62 heavy (non-hydrogen) atoms. The van der Waals surface area contributed by atoms with E-state index in [1.165, 1.54) is 58.8 Å². The summed E-state index contributed by atoms with van der Waals surface area (Å²) in [5, 5.41) is 5.00. The van der Waals surface area contributed by atoms with Gasteiger partial charge in [0.05, 0.1) is 16.7 Å². The summed E-state index contributed by atoms with van der Waals surface area (Å²) in [6.45, 7) is 0. The van der Waals surface area contributed by atoms with E-state index in [9.17, 15) is 0 Å². The highest BCUT2D eigenvalue weighted by atomic mass is 32.1. The van der Waals surface area contributed by atoms with E-state index < -0.39 is 0 Å². The molecule has 12 aromatic rings. The van der Waals surface area contributed by atoms with E-state index in [0.717, 1.165) is 39.0 Å². The van der Waals surface area contributed by atoms with Gasteiger partial charge in [-0.15, -0.1) is 11.3 Å². The van der Waals surface area contributed by atoms with Crippen molar-refractivity contribution >= 4 is 53.3 Å². The number of rotatable bonds is 7. The molecule has 0 unspecified atom stereocenters. The Kier molecular flexibility index (Phi) is 8.65. The topological polar surface area (TPSA) is 43.6 Å². The minimum atomic E-state index is 0.618. The van der Waals surface area contributed by atoms with Crippen molar-refractivity contribution in [2.75, 3.05) is 0 Å². The molecule has 0 aliphatic heterocycles. The minimum Gasteiger partial charge on any atom is -0.308 e. The highest BCUT2D eigenvalue weighted by molar-refractivity contribution is 7.27. The molecule has 3 aromatic heterocycles. The average Bonchev–Trinajstić information content (AvgIpc) is 3.91. The number of para-hydroxylation sites is 2. The first-order valence-corrected chi connectivity index (χ1v) is 21.7. The monoisotopic (exact) mass is 808 g/mol. The number of thiophene rings is 1. The van der Waals surface area contributed by atoms with Crippen molar-refractivity contribution in [2.45, 2.75) is 0 Å². The first-order valence-electron chi connectivity index (χ1n) is 20.9. The highest BCUT2D eigenvalue weighted by Crippen LogP contribution is 2.47. The largest absolute Gasteiger partial charge is 0.308 e. The lowest BCUT2D eigenvalue weighted by atomic mass is 9.98. The Morgan fingerprint density at radius 1 is 0.306 bits per heavy atom. The van der Waals surface area contributed by atoms with Gasteiger partial charge in [-0.1, -0.05) is 188 Å². The van der Waals surface area contributed by atoms with Gasteiger partial charge in [0.2, 0.25) is 0 Å². The molecule has 0 N–H and O–H groups in total. The summed E-state index contributed by atoms with van der Waals surface area (Å²) in [7, 11) is 0. The molecule has 0 amide bonds. The molecule has 0 atom stereocenters. The summed E-state index contributed by atoms with van der Waals surface area (Å²) in [5.74, 6) is 1.88. The molecule has 3 heterocycles. The van der Waals surface area contributed by atoms with Crippen LogP contribution in [0.4, 0.5) is 0 Å². The van der Waals surface area contributed by atoms with Crippen LogP contribution in [0.15, 0.2) is 218 Å². The number of hydrogen-bond donors (Lipinski definition) is 0. The lowest BCUT2D eigenvalue weighted by molar-refractivity contribution is 1.06. The number of hydrogen-bond acceptors (Lipinski definition) is 4. The Bertz CT molecular complexity index is 3610. The molecule has 0 saturated heterocycles. The highest BCUT2D eigenvalue weighted by Gasteiger charge is 2.22. The average molecular weight is 809 g/mol. The van der Waals surface area contributed by atoms with Crippen LogP contribution in [0.3, 0.4) is 0 Å². The fourth-order valence-corrected chi connectivity index (χ4v) is 10.3. The summed E-state index contributed by atoms with van der Waals surface area (Å²) in [4.78, 5) is 15.5. The van der Waals surface area contributed by atoms with Gasteiger partial charge in [0.1, 0.15) is 0 Å². The van der Waals surface area contributed by atoms with Gasteiger partial charge >= 0.3 is 0 Å². The van der Waals surface area contributed by atoms with Crippen molar-refractivity contribution in [1.29, 1.82) is 0 Å². The zero-order chi connectivity index (χ0) is 41.0. The fourth-order valence-electron chi connectivity index (χ4n) is 8.93. The second kappa shape index (κ2) is 14.9. The van der Waals surface area contributed by atoms with Crippen LogP contribution in [0.1, 0.15) is 0 Å². The van der Waals surface area contributed by atoms with E-state index in [2.05, 4.69) is 199 Å². The number of nitrogens with zero attached hydrogens (tertiary/aromatic N) is 4. The van der Waals surface area contributed by atoms with Gasteiger partial charge in [0, 0.05) is 47.6 Å². The van der Waals surface area contributed by atoms with E-state index in [0.29, 0.717) is 17.5 Å². The third-order valence-corrected chi connectivity index (χ3v) is 13.2. The van der Waals surface area contributed by atoms with Gasteiger partial charge in [-0.2, -0.15) is 0 Å². The minimum absolute atomic E-state index is 0.618. The van der Waals surface area contributed by atoms with E-state index in [-0.39, 0.29) is 0 Å². The third kappa shape index (κ3) is 6.09. The van der Waals surface area contributed by atoms with E-state index in [4.69, 9.17) is 15.0 Å². The fraction of sp³-hybridized carbons (Fsp3) is 0. The second-order valence-corrected chi connectivity index (χ2v) is 16.6. The maximum absolute atomic E-state index is 5.24. The van der Waals surface area contributed by atoms with Crippen LogP contribution in [0.2, 0.25) is 0 Å². The standard InChI is InChI=1S/C57H36N4S/c1-4-16-37(17-5-1)39-30-32-41(33-31-39)56-58-55(40-20-8-3-9-21-40)59-57(60-56)48-25-11-13-29-50(48)61-49-28-12-10-24-47(49)52-51(61)35-34-46-45-27-15-26-44(53(45)62-54(46)52)43-23-14-22-42(36-43)38-18-6-2-7-19-38/h1-36H. The van der Waals surface area contributed by atoms with Crippen LogP contribution < -0.4 is 0 Å². The van der Waals surface area contributed by atoms with Crippen LogP contribution in [0, 0.1) is 0 Å². The molecule has 290 valence electrons. The maximum atomic E-state index is 5.24. The van der Waals surface area contributed by atoms with E-state index >= 15 is 0 Å². The maximum Gasteiger partial charge on any atom is 0.166 e. The predicted octanol–water partition coefficient (Wildman–Crippen LogP) is 15.3. The van der Waals surface area contributed by atoms with Gasteiger partial charge < -0.3 is 4.57 Å². The molecular weight excluding hydrogens is 773 g/mol. The Morgan fingerprint density at radius 3 is 1.56 bits per heavy atom. The Morgan fingerprint density at radius 2 is 0.806 bits per heavy atom. The zero-order valence-electron chi connectivity index (χ0n) is 33.5. The van der Waals surface area contributed by atoms with Gasteiger partial charge in [-0.05, 0) is 63.7 Å². The molecule has 0 bridgehead atoms. The summed E-state index contributed by atoms with van der Waals surface area (Å²) in [6.07, 6.45) is 0. The molecule has 0 radical (unpaired) electrons. The summed E-state index contributed by atoms with van der Waals surface area (Å²) >= 11 is 1.89. The smallest absolute Gasteiger partial charge is 0.166 e. The van der Waals surface area contributed by atoms with Crippen LogP contribution in [0.25, 0.3) is 115 Å². The summed E-state index contributed by atoms with van der Waals surface area (Å²) < 4.78 is 4.97. The lowest BCUT2D eigenvalue weighted by Gasteiger charge is -2.14. The first kappa shape index (κ1) is 35.9. The van der Waals surface area contributed by atoms with Crippen LogP contribution in [-0.4, -0.2) is 19.5 Å². The van der Waals surface area contributed by atoms with E-state index in [1.54, 1.807) is 0 Å². The number of fused-ring (bicyclic) bond motifs is 7. The summed E-state index contributed by atoms with van der Waals surface area (Å²) in [6, 6.07) is 77.3. The van der Waals surface area contributed by atoms with Crippen molar-refractivity contribution in [3.8, 4) is 73.2 Å². The molecule has 4 nitrogen and oxygen atoms in total.